The number of hydrogen-bond donors (Lipinski definition) is 2. The van der Waals surface area contributed by atoms with E-state index in [1.54, 1.807) is 6.92 Å². The van der Waals surface area contributed by atoms with Crippen LogP contribution in [0.1, 0.15) is 50.7 Å². The number of aryl methyl sites for hydroxylation is 2. The van der Waals surface area contributed by atoms with Crippen LogP contribution in [-0.4, -0.2) is 20.5 Å². The number of sulfonamides is 1. The van der Waals surface area contributed by atoms with Crippen LogP contribution in [0.15, 0.2) is 9.31 Å². The molecule has 6 heteroatoms. The zero-order chi connectivity index (χ0) is 15.8. The first-order valence-corrected chi connectivity index (χ1v) is 9.01. The van der Waals surface area contributed by atoms with Crippen LogP contribution in [0.5, 0.6) is 0 Å². The average Bonchev–Trinajstić information content (AvgIpc) is 3.12. The van der Waals surface area contributed by atoms with E-state index >= 15 is 0 Å². The molecular formula is C15H26N2O3S. The number of rotatable bonds is 7. The molecule has 0 unspecified atom stereocenters. The third-order valence-electron chi connectivity index (χ3n) is 4.14. The summed E-state index contributed by atoms with van der Waals surface area (Å²) < 4.78 is 34.0. The van der Waals surface area contributed by atoms with Crippen LogP contribution in [0.4, 0.5) is 0 Å². The van der Waals surface area contributed by atoms with E-state index < -0.39 is 15.6 Å². The standard InChI is InChI=1S/C15H26N2O3S/c1-6-16-9-13-10(2)20-11(3)14(13)21(18,19)17-15(4,5)12-7-8-12/h12,16-17H,6-9H2,1-5H3. The topological polar surface area (TPSA) is 71.3 Å². The SMILES string of the molecule is CCNCc1c(C)oc(C)c1S(=O)(=O)NC(C)(C)C1CC1. The highest BCUT2D eigenvalue weighted by Crippen LogP contribution is 2.40. The molecule has 0 spiro atoms. The number of hydrogen-bond acceptors (Lipinski definition) is 4. The lowest BCUT2D eigenvalue weighted by Gasteiger charge is -2.26. The molecule has 5 nitrogen and oxygen atoms in total. The molecule has 0 atom stereocenters. The molecule has 1 aliphatic carbocycles. The first kappa shape index (κ1) is 16.5. The Bertz CT molecular complexity index is 613. The summed E-state index contributed by atoms with van der Waals surface area (Å²) in [5, 5.41) is 3.18. The van der Waals surface area contributed by atoms with Gasteiger partial charge in [0.15, 0.2) is 0 Å². The third-order valence-corrected chi connectivity index (χ3v) is 6.01. The summed E-state index contributed by atoms with van der Waals surface area (Å²) in [5.74, 6) is 1.55. The quantitative estimate of drug-likeness (QED) is 0.811. The summed E-state index contributed by atoms with van der Waals surface area (Å²) in [6.07, 6.45) is 2.17. The number of nitrogens with one attached hydrogen (secondary N) is 2. The molecule has 0 aliphatic heterocycles. The Kier molecular flexibility index (Phi) is 4.52. The lowest BCUT2D eigenvalue weighted by atomic mass is 10.0. The summed E-state index contributed by atoms with van der Waals surface area (Å²) in [7, 11) is -3.58. The molecule has 1 aliphatic rings. The van der Waals surface area contributed by atoms with Crippen molar-refractivity contribution < 1.29 is 12.8 Å². The van der Waals surface area contributed by atoms with Crippen molar-refractivity contribution in [2.75, 3.05) is 6.54 Å². The van der Waals surface area contributed by atoms with E-state index in [0.717, 1.165) is 24.9 Å². The summed E-state index contributed by atoms with van der Waals surface area (Å²) in [4.78, 5) is 0.301. The Morgan fingerprint density at radius 1 is 1.24 bits per heavy atom. The minimum atomic E-state index is -3.58. The molecule has 2 N–H and O–H groups in total. The molecule has 0 saturated heterocycles. The fourth-order valence-corrected chi connectivity index (χ4v) is 4.72. The van der Waals surface area contributed by atoms with Gasteiger partial charge in [-0.15, -0.1) is 0 Å². The summed E-state index contributed by atoms with van der Waals surface area (Å²) in [5.41, 5.74) is 0.319. The van der Waals surface area contributed by atoms with Crippen molar-refractivity contribution in [3.05, 3.63) is 17.1 Å². The second-order valence-electron chi connectivity index (χ2n) is 6.40. The molecule has 21 heavy (non-hydrogen) atoms. The Hall–Kier alpha value is -0.850. The van der Waals surface area contributed by atoms with Gasteiger partial charge in [0.25, 0.3) is 0 Å². The van der Waals surface area contributed by atoms with Gasteiger partial charge < -0.3 is 9.73 Å². The minimum absolute atomic E-state index is 0.301. The predicted molar refractivity (Wildman–Crippen MR) is 82.7 cm³/mol. The number of furan rings is 1. The molecule has 120 valence electrons. The first-order chi connectivity index (χ1) is 9.69. The van der Waals surface area contributed by atoms with E-state index in [9.17, 15) is 8.42 Å². The van der Waals surface area contributed by atoms with E-state index in [1.807, 2.05) is 27.7 Å². The van der Waals surface area contributed by atoms with E-state index in [4.69, 9.17) is 4.42 Å². The van der Waals surface area contributed by atoms with Crippen LogP contribution in [0.2, 0.25) is 0 Å². The highest BCUT2D eigenvalue weighted by Gasteiger charge is 2.41. The lowest BCUT2D eigenvalue weighted by Crippen LogP contribution is -2.45. The van der Waals surface area contributed by atoms with Crippen molar-refractivity contribution in [3.8, 4) is 0 Å². The van der Waals surface area contributed by atoms with Crippen molar-refractivity contribution in [1.29, 1.82) is 0 Å². The fourth-order valence-electron chi connectivity index (χ4n) is 2.80. The van der Waals surface area contributed by atoms with Gasteiger partial charge in [0.2, 0.25) is 10.0 Å². The second-order valence-corrected chi connectivity index (χ2v) is 8.02. The Morgan fingerprint density at radius 2 is 1.86 bits per heavy atom. The van der Waals surface area contributed by atoms with Gasteiger partial charge in [0, 0.05) is 17.6 Å². The van der Waals surface area contributed by atoms with E-state index in [1.165, 1.54) is 0 Å². The molecule has 1 heterocycles. The molecule has 0 amide bonds. The average molecular weight is 314 g/mol. The molecule has 0 bridgehead atoms. The zero-order valence-corrected chi connectivity index (χ0v) is 14.4. The van der Waals surface area contributed by atoms with Crippen molar-refractivity contribution in [2.45, 2.75) is 64.4 Å². The van der Waals surface area contributed by atoms with Gasteiger partial charge in [-0.2, -0.15) is 0 Å². The summed E-state index contributed by atoms with van der Waals surface area (Å²) in [6.45, 7) is 10.7. The molecule has 0 radical (unpaired) electrons. The minimum Gasteiger partial charge on any atom is -0.465 e. The van der Waals surface area contributed by atoms with Gasteiger partial charge in [-0.25, -0.2) is 13.1 Å². The molecular weight excluding hydrogens is 288 g/mol. The Labute approximate surface area is 127 Å². The van der Waals surface area contributed by atoms with Gasteiger partial charge in [-0.05, 0) is 53.0 Å². The highest BCUT2D eigenvalue weighted by atomic mass is 32.2. The summed E-state index contributed by atoms with van der Waals surface area (Å²) in [6, 6.07) is 0. The van der Waals surface area contributed by atoms with Crippen LogP contribution in [0.25, 0.3) is 0 Å². The maximum Gasteiger partial charge on any atom is 0.244 e. The van der Waals surface area contributed by atoms with Gasteiger partial charge in [0.05, 0.1) is 0 Å². The molecule has 2 rings (SSSR count). The zero-order valence-electron chi connectivity index (χ0n) is 13.5. The van der Waals surface area contributed by atoms with Crippen molar-refractivity contribution >= 4 is 10.0 Å². The van der Waals surface area contributed by atoms with Gasteiger partial charge in [-0.1, -0.05) is 6.92 Å². The largest absolute Gasteiger partial charge is 0.465 e. The van der Waals surface area contributed by atoms with E-state index in [0.29, 0.717) is 28.9 Å². The van der Waals surface area contributed by atoms with Crippen molar-refractivity contribution in [1.82, 2.24) is 10.0 Å². The summed E-state index contributed by atoms with van der Waals surface area (Å²) >= 11 is 0. The van der Waals surface area contributed by atoms with Crippen LogP contribution in [0.3, 0.4) is 0 Å². The van der Waals surface area contributed by atoms with Gasteiger partial charge >= 0.3 is 0 Å². The van der Waals surface area contributed by atoms with E-state index in [2.05, 4.69) is 10.0 Å². The van der Waals surface area contributed by atoms with E-state index in [-0.39, 0.29) is 0 Å². The van der Waals surface area contributed by atoms with Crippen molar-refractivity contribution in [3.63, 3.8) is 0 Å². The monoisotopic (exact) mass is 314 g/mol. The van der Waals surface area contributed by atoms with Gasteiger partial charge in [0.1, 0.15) is 16.4 Å². The molecule has 1 aromatic rings. The normalized spacial score (nSPS) is 16.4. The maximum absolute atomic E-state index is 12.8. The maximum atomic E-state index is 12.8. The third kappa shape index (κ3) is 3.49. The Balaban J connectivity index is 2.35. The smallest absolute Gasteiger partial charge is 0.244 e. The second kappa shape index (κ2) is 5.74. The molecule has 1 aromatic heterocycles. The van der Waals surface area contributed by atoms with Crippen LogP contribution in [-0.2, 0) is 16.6 Å². The van der Waals surface area contributed by atoms with Crippen LogP contribution >= 0.6 is 0 Å². The van der Waals surface area contributed by atoms with Crippen molar-refractivity contribution in [2.24, 2.45) is 5.92 Å². The fraction of sp³-hybridized carbons (Fsp3) is 0.733. The lowest BCUT2D eigenvalue weighted by molar-refractivity contribution is 0.399. The van der Waals surface area contributed by atoms with Gasteiger partial charge in [-0.3, -0.25) is 0 Å². The molecule has 1 fully saturated rings. The Morgan fingerprint density at radius 3 is 2.38 bits per heavy atom. The predicted octanol–water partition coefficient (Wildman–Crippen LogP) is 2.47. The van der Waals surface area contributed by atoms with Crippen LogP contribution < -0.4 is 10.0 Å². The molecule has 1 saturated carbocycles. The first-order valence-electron chi connectivity index (χ1n) is 7.52. The van der Waals surface area contributed by atoms with Crippen LogP contribution in [0, 0.1) is 19.8 Å². The molecule has 0 aromatic carbocycles. The highest BCUT2D eigenvalue weighted by molar-refractivity contribution is 7.89.